The molecule has 0 aliphatic rings. The summed E-state index contributed by atoms with van der Waals surface area (Å²) >= 11 is 0. The van der Waals surface area contributed by atoms with Crippen molar-refractivity contribution in [1.29, 1.82) is 0 Å². The van der Waals surface area contributed by atoms with Gasteiger partial charge in [0, 0.05) is 18.1 Å². The van der Waals surface area contributed by atoms with Gasteiger partial charge in [0.15, 0.2) is 5.78 Å². The van der Waals surface area contributed by atoms with Crippen LogP contribution in [0, 0.1) is 5.92 Å². The molecule has 0 saturated heterocycles. The van der Waals surface area contributed by atoms with E-state index in [1.54, 1.807) is 13.8 Å². The summed E-state index contributed by atoms with van der Waals surface area (Å²) in [4.78, 5) is 13.1. The molecule has 5 nitrogen and oxygen atoms in total. The maximum atomic E-state index is 13.1. The summed E-state index contributed by atoms with van der Waals surface area (Å²) in [6, 6.07) is 9.29. The molecule has 0 saturated carbocycles. The van der Waals surface area contributed by atoms with E-state index in [0.29, 0.717) is 38.4 Å². The van der Waals surface area contributed by atoms with Crippen molar-refractivity contribution in [2.24, 2.45) is 5.92 Å². The first-order chi connectivity index (χ1) is 18.1. The highest BCUT2D eigenvalue weighted by Gasteiger charge is 2.28. The Morgan fingerprint density at radius 3 is 1.70 bits per heavy atom. The van der Waals surface area contributed by atoms with Crippen LogP contribution in [0.15, 0.2) is 30.3 Å². The zero-order chi connectivity index (χ0) is 27.0. The number of hydrogen-bond donors (Lipinski definition) is 0. The van der Waals surface area contributed by atoms with Crippen LogP contribution in [0.2, 0.25) is 0 Å². The van der Waals surface area contributed by atoms with Gasteiger partial charge in [0.05, 0.1) is 26.0 Å². The smallest absolute Gasteiger partial charge is 0.330 e. The summed E-state index contributed by atoms with van der Waals surface area (Å²) in [7, 11) is -3.19. The molecule has 6 heteroatoms. The third kappa shape index (κ3) is 17.3. The number of ketones is 1. The fraction of sp³-hybridized carbons (Fsp3) is 0.774. The van der Waals surface area contributed by atoms with Gasteiger partial charge in [-0.05, 0) is 26.7 Å². The molecule has 37 heavy (non-hydrogen) atoms. The number of rotatable bonds is 26. The number of benzene rings is 1. The van der Waals surface area contributed by atoms with Crippen LogP contribution in [0.25, 0.3) is 0 Å². The van der Waals surface area contributed by atoms with Crippen LogP contribution >= 0.6 is 7.60 Å². The molecule has 214 valence electrons. The van der Waals surface area contributed by atoms with Gasteiger partial charge in [-0.15, -0.1) is 0 Å². The lowest BCUT2D eigenvalue weighted by molar-refractivity contribution is 0.0683. The molecule has 1 aromatic rings. The van der Waals surface area contributed by atoms with Crippen LogP contribution in [0.5, 0.6) is 0 Å². The molecule has 1 unspecified atom stereocenters. The zero-order valence-corrected chi connectivity index (χ0v) is 25.0. The summed E-state index contributed by atoms with van der Waals surface area (Å²) in [6.07, 6.45) is 19.2. The Bertz CT molecular complexity index is 699. The van der Waals surface area contributed by atoms with E-state index in [0.717, 1.165) is 6.42 Å². The van der Waals surface area contributed by atoms with Gasteiger partial charge in [-0.3, -0.25) is 9.36 Å². The van der Waals surface area contributed by atoms with E-state index in [1.165, 1.54) is 83.5 Å². The van der Waals surface area contributed by atoms with Crippen LogP contribution in [-0.4, -0.2) is 38.4 Å². The van der Waals surface area contributed by atoms with Gasteiger partial charge >= 0.3 is 7.60 Å². The molecule has 0 heterocycles. The van der Waals surface area contributed by atoms with Crippen LogP contribution in [0.4, 0.5) is 0 Å². The summed E-state index contributed by atoms with van der Waals surface area (Å²) in [5.74, 6) is -0.329. The van der Waals surface area contributed by atoms with Crippen LogP contribution < -0.4 is 0 Å². The SMILES string of the molecule is CCCCCCCCCCCCCCCCOCC(CCP(=O)(OCC)OCC)C(=O)c1ccccc1. The molecule has 1 atom stereocenters. The Morgan fingerprint density at radius 1 is 0.730 bits per heavy atom. The van der Waals surface area contributed by atoms with Crippen LogP contribution in [0.3, 0.4) is 0 Å². The molecule has 0 fully saturated rings. The van der Waals surface area contributed by atoms with Crippen LogP contribution in [-0.2, 0) is 18.3 Å². The number of carbonyl (C=O) groups is 1. The number of Topliss-reactive ketones (excluding diaryl/α,β-unsaturated/α-hetero) is 1. The van der Waals surface area contributed by atoms with E-state index in [4.69, 9.17) is 13.8 Å². The molecule has 0 N–H and O–H groups in total. The largest absolute Gasteiger partial charge is 0.381 e. The molecule has 1 aromatic carbocycles. The molecule has 0 bridgehead atoms. The Balaban J connectivity index is 2.25. The van der Waals surface area contributed by atoms with Crippen molar-refractivity contribution in [1.82, 2.24) is 0 Å². The monoisotopic (exact) mass is 538 g/mol. The zero-order valence-electron chi connectivity index (χ0n) is 24.1. The highest BCUT2D eigenvalue weighted by atomic mass is 31.2. The Hall–Kier alpha value is -1.00. The van der Waals surface area contributed by atoms with E-state index in [1.807, 2.05) is 30.3 Å². The molecular formula is C31H55O5P. The predicted molar refractivity (Wildman–Crippen MR) is 156 cm³/mol. The van der Waals surface area contributed by atoms with Crippen molar-refractivity contribution in [3.05, 3.63) is 35.9 Å². The van der Waals surface area contributed by atoms with Crippen molar-refractivity contribution >= 4 is 13.4 Å². The van der Waals surface area contributed by atoms with E-state index < -0.39 is 7.60 Å². The Labute approximate surface area is 228 Å². The average molecular weight is 539 g/mol. The molecule has 0 amide bonds. The van der Waals surface area contributed by atoms with Crippen LogP contribution in [0.1, 0.15) is 127 Å². The van der Waals surface area contributed by atoms with E-state index in [9.17, 15) is 9.36 Å². The topological polar surface area (TPSA) is 61.8 Å². The molecule has 0 radical (unpaired) electrons. The summed E-state index contributed by atoms with van der Waals surface area (Å²) in [6.45, 7) is 7.52. The maximum Gasteiger partial charge on any atom is 0.330 e. The summed E-state index contributed by atoms with van der Waals surface area (Å²) in [5, 5.41) is 0. The Morgan fingerprint density at radius 2 is 1.22 bits per heavy atom. The maximum absolute atomic E-state index is 13.1. The van der Waals surface area contributed by atoms with Crippen molar-refractivity contribution < 1.29 is 23.1 Å². The lowest BCUT2D eigenvalue weighted by atomic mass is 9.96. The summed E-state index contributed by atoms with van der Waals surface area (Å²) in [5.41, 5.74) is 0.662. The van der Waals surface area contributed by atoms with Gasteiger partial charge in [0.2, 0.25) is 0 Å². The van der Waals surface area contributed by atoms with Gasteiger partial charge in [0.1, 0.15) is 0 Å². The predicted octanol–water partition coefficient (Wildman–Crippen LogP) is 9.64. The van der Waals surface area contributed by atoms with Gasteiger partial charge in [-0.2, -0.15) is 0 Å². The van der Waals surface area contributed by atoms with E-state index in [2.05, 4.69) is 6.92 Å². The quantitative estimate of drug-likeness (QED) is 0.0667. The van der Waals surface area contributed by atoms with Crippen molar-refractivity contribution in [2.45, 2.75) is 117 Å². The summed E-state index contributed by atoms with van der Waals surface area (Å²) < 4.78 is 29.7. The van der Waals surface area contributed by atoms with Gasteiger partial charge in [-0.25, -0.2) is 0 Å². The number of carbonyl (C=O) groups excluding carboxylic acids is 1. The first-order valence-corrected chi connectivity index (χ1v) is 16.8. The molecule has 0 aliphatic carbocycles. The molecule has 0 aromatic heterocycles. The van der Waals surface area contributed by atoms with Crippen molar-refractivity contribution in [3.8, 4) is 0 Å². The standard InChI is InChI=1S/C31H55O5P/c1-4-7-8-9-10-11-12-13-14-15-16-17-18-22-26-34-28-30(31(32)29-23-20-19-21-24-29)25-27-37(33,35-5-2)36-6-3/h19-21,23-24,30H,4-18,22,25-28H2,1-3H3. The minimum atomic E-state index is -3.19. The second-order valence-electron chi connectivity index (χ2n) is 10.1. The number of hydrogen-bond acceptors (Lipinski definition) is 5. The van der Waals surface area contributed by atoms with Crippen molar-refractivity contribution in [2.75, 3.05) is 32.6 Å². The third-order valence-electron chi connectivity index (χ3n) is 6.79. The molecule has 1 rings (SSSR count). The lowest BCUT2D eigenvalue weighted by Gasteiger charge is -2.21. The first kappa shape index (κ1) is 34.0. The average Bonchev–Trinajstić information content (AvgIpc) is 2.90. The second kappa shape index (κ2) is 22.9. The highest BCUT2D eigenvalue weighted by molar-refractivity contribution is 7.53. The van der Waals surface area contributed by atoms with E-state index in [-0.39, 0.29) is 17.9 Å². The molecule has 0 spiro atoms. The lowest BCUT2D eigenvalue weighted by Crippen LogP contribution is -2.22. The minimum absolute atomic E-state index is 0.0288. The highest BCUT2D eigenvalue weighted by Crippen LogP contribution is 2.49. The fourth-order valence-corrected chi connectivity index (χ4v) is 6.37. The minimum Gasteiger partial charge on any atom is -0.381 e. The van der Waals surface area contributed by atoms with Gasteiger partial charge in [-0.1, -0.05) is 121 Å². The number of unbranched alkanes of at least 4 members (excludes halogenated alkanes) is 13. The second-order valence-corrected chi connectivity index (χ2v) is 12.2. The fourth-order valence-electron chi connectivity index (χ4n) is 4.63. The van der Waals surface area contributed by atoms with Gasteiger partial charge in [0.25, 0.3) is 0 Å². The number of ether oxygens (including phenoxy) is 1. The van der Waals surface area contributed by atoms with Crippen molar-refractivity contribution in [3.63, 3.8) is 0 Å². The normalized spacial score (nSPS) is 12.6. The van der Waals surface area contributed by atoms with Gasteiger partial charge < -0.3 is 13.8 Å². The first-order valence-electron chi connectivity index (χ1n) is 15.1. The van der Waals surface area contributed by atoms with E-state index >= 15 is 0 Å². The third-order valence-corrected chi connectivity index (χ3v) is 8.90. The molecule has 0 aliphatic heterocycles. The molecular weight excluding hydrogens is 483 g/mol. The Kier molecular flexibility index (Phi) is 21.1.